The first kappa shape index (κ1) is 31.5. The van der Waals surface area contributed by atoms with Gasteiger partial charge in [-0.3, -0.25) is 0 Å². The summed E-state index contributed by atoms with van der Waals surface area (Å²) in [4.78, 5) is 2.32. The molecule has 8 aromatic rings. The van der Waals surface area contributed by atoms with Crippen LogP contribution in [0, 0.1) is 0 Å². The highest BCUT2D eigenvalue weighted by atomic mass is 15.1. The second-order valence-corrected chi connectivity index (χ2v) is 15.8. The van der Waals surface area contributed by atoms with Crippen molar-refractivity contribution in [1.29, 1.82) is 0 Å². The summed E-state index contributed by atoms with van der Waals surface area (Å²) in [7, 11) is 0. The number of hydrogen-bond donors (Lipinski definition) is 0. The average Bonchev–Trinajstić information content (AvgIpc) is 3.43. The minimum atomic E-state index is -0.143. The lowest BCUT2D eigenvalue weighted by atomic mass is 9.67. The highest BCUT2D eigenvalue weighted by Gasteiger charge is 2.37. The van der Waals surface area contributed by atoms with Crippen LogP contribution in [-0.2, 0) is 10.8 Å². The third-order valence-corrected chi connectivity index (χ3v) is 12.1. The maximum atomic E-state index is 2.48. The van der Waals surface area contributed by atoms with Gasteiger partial charge in [-0.2, -0.15) is 0 Å². The highest BCUT2D eigenvalue weighted by Crippen LogP contribution is 2.54. The second kappa shape index (κ2) is 11.7. The summed E-state index contributed by atoms with van der Waals surface area (Å²) in [6.07, 6.45) is 0. The van der Waals surface area contributed by atoms with E-state index in [0.29, 0.717) is 0 Å². The van der Waals surface area contributed by atoms with Crippen molar-refractivity contribution in [3.05, 3.63) is 198 Å². The quantitative estimate of drug-likeness (QED) is 0.175. The van der Waals surface area contributed by atoms with Crippen molar-refractivity contribution < 1.29 is 0 Å². The first-order chi connectivity index (χ1) is 25.8. The number of anilines is 3. The molecular formula is C52H41N. The second-order valence-electron chi connectivity index (χ2n) is 15.8. The minimum absolute atomic E-state index is 0.0585. The van der Waals surface area contributed by atoms with Crippen LogP contribution in [0.1, 0.15) is 49.9 Å². The Labute approximate surface area is 312 Å². The fourth-order valence-electron chi connectivity index (χ4n) is 9.32. The van der Waals surface area contributed by atoms with Crippen LogP contribution < -0.4 is 4.90 Å². The summed E-state index contributed by atoms with van der Waals surface area (Å²) in [5.74, 6) is 0. The fourth-order valence-corrected chi connectivity index (χ4v) is 9.32. The first-order valence-corrected chi connectivity index (χ1v) is 18.8. The van der Waals surface area contributed by atoms with E-state index in [4.69, 9.17) is 0 Å². The van der Waals surface area contributed by atoms with E-state index in [1.807, 2.05) is 0 Å². The van der Waals surface area contributed by atoms with Crippen LogP contribution in [0.5, 0.6) is 0 Å². The molecule has 53 heavy (non-hydrogen) atoms. The zero-order chi connectivity index (χ0) is 35.9. The van der Waals surface area contributed by atoms with E-state index < -0.39 is 0 Å². The third-order valence-electron chi connectivity index (χ3n) is 12.1. The van der Waals surface area contributed by atoms with Gasteiger partial charge in [0.1, 0.15) is 0 Å². The number of benzene rings is 8. The Morgan fingerprint density at radius 1 is 0.340 bits per heavy atom. The molecule has 0 N–H and O–H groups in total. The summed E-state index contributed by atoms with van der Waals surface area (Å²) in [5.41, 5.74) is 19.2. The first-order valence-electron chi connectivity index (χ1n) is 18.8. The Bertz CT molecular complexity index is 2660. The molecule has 0 fully saturated rings. The maximum absolute atomic E-state index is 2.48. The van der Waals surface area contributed by atoms with Gasteiger partial charge in [0.2, 0.25) is 0 Å². The van der Waals surface area contributed by atoms with Gasteiger partial charge in [0.25, 0.3) is 0 Å². The molecule has 0 saturated carbocycles. The van der Waals surface area contributed by atoms with Gasteiger partial charge in [0, 0.05) is 27.9 Å². The van der Waals surface area contributed by atoms with Gasteiger partial charge in [0.15, 0.2) is 0 Å². The van der Waals surface area contributed by atoms with Crippen molar-refractivity contribution in [2.75, 3.05) is 4.90 Å². The molecule has 0 heterocycles. The molecule has 0 amide bonds. The van der Waals surface area contributed by atoms with Crippen LogP contribution in [0.2, 0.25) is 0 Å². The van der Waals surface area contributed by atoms with Gasteiger partial charge in [-0.05, 0) is 126 Å². The summed E-state index contributed by atoms with van der Waals surface area (Å²) in [6.45, 7) is 9.53. The number of fused-ring (bicyclic) bond motifs is 5. The SMILES string of the molecule is CC1(C)c2ccccc2-c2ccc(-c3ccc4cccc5c4c3-c3cc(-c4ccc(N(c6ccccc6)c6ccccc6)cc4)ccc3C5(C)C)cc21. The number of nitrogens with zero attached hydrogens (tertiary/aromatic N) is 1. The van der Waals surface area contributed by atoms with Gasteiger partial charge in [-0.15, -0.1) is 0 Å². The molecular weight excluding hydrogens is 639 g/mol. The Kier molecular flexibility index (Phi) is 6.94. The lowest BCUT2D eigenvalue weighted by Crippen LogP contribution is -2.24. The van der Waals surface area contributed by atoms with Gasteiger partial charge in [-0.25, -0.2) is 0 Å². The van der Waals surface area contributed by atoms with Crippen LogP contribution in [0.4, 0.5) is 17.1 Å². The van der Waals surface area contributed by atoms with Crippen molar-refractivity contribution in [2.24, 2.45) is 0 Å². The third kappa shape index (κ3) is 4.77. The number of hydrogen-bond acceptors (Lipinski definition) is 1. The monoisotopic (exact) mass is 679 g/mol. The lowest BCUT2D eigenvalue weighted by molar-refractivity contribution is 0.645. The van der Waals surface area contributed by atoms with E-state index in [1.165, 1.54) is 77.5 Å². The van der Waals surface area contributed by atoms with E-state index in [1.54, 1.807) is 0 Å². The Hall–Kier alpha value is -6.18. The predicted octanol–water partition coefficient (Wildman–Crippen LogP) is 14.3. The Morgan fingerprint density at radius 2 is 0.887 bits per heavy atom. The molecule has 2 aliphatic rings. The van der Waals surface area contributed by atoms with Crippen LogP contribution in [0.15, 0.2) is 176 Å². The zero-order valence-electron chi connectivity index (χ0n) is 30.7. The van der Waals surface area contributed by atoms with E-state index in [0.717, 1.165) is 17.1 Å². The fraction of sp³-hybridized carbons (Fsp3) is 0.115. The van der Waals surface area contributed by atoms with Gasteiger partial charge < -0.3 is 4.90 Å². The summed E-state index contributed by atoms with van der Waals surface area (Å²) in [5, 5.41) is 2.67. The predicted molar refractivity (Wildman–Crippen MR) is 225 cm³/mol. The van der Waals surface area contributed by atoms with Crippen LogP contribution in [0.3, 0.4) is 0 Å². The van der Waals surface area contributed by atoms with Crippen molar-refractivity contribution in [1.82, 2.24) is 0 Å². The van der Waals surface area contributed by atoms with Crippen LogP contribution >= 0.6 is 0 Å². The molecule has 2 aliphatic carbocycles. The largest absolute Gasteiger partial charge is 0.311 e. The summed E-state index contributed by atoms with van der Waals surface area (Å²) < 4.78 is 0. The molecule has 1 nitrogen and oxygen atoms in total. The molecule has 0 atom stereocenters. The molecule has 8 aromatic carbocycles. The lowest BCUT2D eigenvalue weighted by Gasteiger charge is -2.36. The van der Waals surface area contributed by atoms with E-state index in [2.05, 4.69) is 209 Å². The number of para-hydroxylation sites is 2. The molecule has 0 radical (unpaired) electrons. The van der Waals surface area contributed by atoms with Crippen molar-refractivity contribution in [3.63, 3.8) is 0 Å². The molecule has 0 unspecified atom stereocenters. The van der Waals surface area contributed by atoms with Crippen molar-refractivity contribution >= 4 is 27.8 Å². The summed E-state index contributed by atoms with van der Waals surface area (Å²) >= 11 is 0. The molecule has 1 heteroatoms. The number of rotatable bonds is 5. The van der Waals surface area contributed by atoms with Crippen molar-refractivity contribution in [2.45, 2.75) is 38.5 Å². The van der Waals surface area contributed by atoms with Crippen LogP contribution in [0.25, 0.3) is 55.3 Å². The Morgan fingerprint density at radius 3 is 1.62 bits per heavy atom. The maximum Gasteiger partial charge on any atom is 0.0462 e. The molecule has 0 aromatic heterocycles. The summed E-state index contributed by atoms with van der Waals surface area (Å²) in [6, 6.07) is 65.1. The van der Waals surface area contributed by atoms with Crippen LogP contribution in [-0.4, -0.2) is 0 Å². The topological polar surface area (TPSA) is 3.24 Å². The van der Waals surface area contributed by atoms with E-state index in [9.17, 15) is 0 Å². The van der Waals surface area contributed by atoms with Gasteiger partial charge in [0.05, 0.1) is 0 Å². The highest BCUT2D eigenvalue weighted by molar-refractivity contribution is 6.10. The van der Waals surface area contributed by atoms with Gasteiger partial charge >= 0.3 is 0 Å². The average molecular weight is 680 g/mol. The standard InChI is InChI=1S/C52H41N/c1-51(2)46-31-26-36(34-22-27-40(28-23-34)53(38-15-7-5-8-16-38)39-17-9-6-10-18-39)32-44(46)50-41(29-24-35-14-13-21-47(51)49(35)50)37-25-30-43-42-19-11-12-20-45(42)52(3,4)48(43)33-37/h5-33H,1-4H3. The van der Waals surface area contributed by atoms with Gasteiger partial charge in [-0.1, -0.05) is 155 Å². The van der Waals surface area contributed by atoms with E-state index >= 15 is 0 Å². The molecule has 0 aliphatic heterocycles. The smallest absolute Gasteiger partial charge is 0.0462 e. The molecule has 10 rings (SSSR count). The molecule has 254 valence electrons. The Balaban J connectivity index is 1.13. The minimum Gasteiger partial charge on any atom is -0.311 e. The molecule has 0 saturated heterocycles. The van der Waals surface area contributed by atoms with E-state index in [-0.39, 0.29) is 10.8 Å². The molecule has 0 spiro atoms. The zero-order valence-corrected chi connectivity index (χ0v) is 30.7. The normalized spacial score (nSPS) is 14.3. The van der Waals surface area contributed by atoms with Crippen molar-refractivity contribution in [3.8, 4) is 44.5 Å². The molecule has 0 bridgehead atoms.